The van der Waals surface area contributed by atoms with E-state index in [-0.39, 0.29) is 6.42 Å². The number of nitrogens with zero attached hydrogens (tertiary/aromatic N) is 1. The van der Waals surface area contributed by atoms with E-state index in [0.29, 0.717) is 18.6 Å². The number of nitrogens with one attached hydrogen (secondary N) is 1. The van der Waals surface area contributed by atoms with Gasteiger partial charge in [-0.15, -0.1) is 0 Å². The molecule has 1 N–H and O–H groups in total. The van der Waals surface area contributed by atoms with Crippen molar-refractivity contribution in [3.63, 3.8) is 0 Å². The smallest absolute Gasteiger partial charge is 0.408 e. The summed E-state index contributed by atoms with van der Waals surface area (Å²) in [6.45, 7) is 14.5. The number of esters is 2. The zero-order chi connectivity index (χ0) is 41.4. The van der Waals surface area contributed by atoms with E-state index < -0.39 is 46.9 Å². The zero-order valence-electron chi connectivity index (χ0n) is 32.8. The van der Waals surface area contributed by atoms with Gasteiger partial charge in [0.15, 0.2) is 6.04 Å². The van der Waals surface area contributed by atoms with Gasteiger partial charge in [-0.3, -0.25) is 4.99 Å². The fourth-order valence-corrected chi connectivity index (χ4v) is 8.75. The molecule has 4 aromatic carbocycles. The molecule has 0 heterocycles. The third-order valence-corrected chi connectivity index (χ3v) is 11.0. The van der Waals surface area contributed by atoms with Crippen molar-refractivity contribution < 1.29 is 28.6 Å². The van der Waals surface area contributed by atoms with Crippen molar-refractivity contribution in [1.29, 1.82) is 0 Å². The lowest BCUT2D eigenvalue weighted by Gasteiger charge is -2.29. The Kier molecular flexibility index (Phi) is 16.2. The molecule has 0 saturated carbocycles. The number of aliphatic imine (C=N–C) groups is 1. The highest BCUT2D eigenvalue weighted by Gasteiger charge is 2.32. The Bertz CT molecular complexity index is 2040. The van der Waals surface area contributed by atoms with Crippen molar-refractivity contribution in [2.75, 3.05) is 0 Å². The first-order chi connectivity index (χ1) is 26.1. The molecule has 0 aliphatic carbocycles. The van der Waals surface area contributed by atoms with Crippen LogP contribution in [0.25, 0.3) is 0 Å². The van der Waals surface area contributed by atoms with Crippen LogP contribution in [-0.4, -0.2) is 52.6 Å². The molecule has 0 fully saturated rings. The zero-order valence-corrected chi connectivity index (χ0v) is 40.3. The molecular formula is C44H48Br2I2N2O6. The van der Waals surface area contributed by atoms with Crippen molar-refractivity contribution in [1.82, 2.24) is 5.32 Å². The summed E-state index contributed by atoms with van der Waals surface area (Å²) in [4.78, 5) is 45.5. The second-order valence-electron chi connectivity index (χ2n) is 16.0. The maximum absolute atomic E-state index is 13.8. The predicted octanol–water partition coefficient (Wildman–Crippen LogP) is 11.2. The lowest BCUT2D eigenvalue weighted by atomic mass is 9.95. The Balaban J connectivity index is 1.61. The van der Waals surface area contributed by atoms with Gasteiger partial charge in [0.1, 0.15) is 22.8 Å². The SMILES string of the molecule is CC(C)(C)OC(=O)NC(Cc1ccc(Br)cc1Br)C(=O)OC(C)(C)Cc1ccc(/C(=N/C(Cc2ccc(I)cc2I)C(=O)OC(C)(C)C)c2ccccc2)cc1. The fraction of sp³-hybridized carbons (Fsp3) is 0.364. The summed E-state index contributed by atoms with van der Waals surface area (Å²) < 4.78 is 21.3. The van der Waals surface area contributed by atoms with Gasteiger partial charge in [0.25, 0.3) is 0 Å². The lowest BCUT2D eigenvalue weighted by molar-refractivity contribution is -0.159. The predicted molar refractivity (Wildman–Crippen MR) is 246 cm³/mol. The Morgan fingerprint density at radius 2 is 1.30 bits per heavy atom. The minimum absolute atomic E-state index is 0.186. The van der Waals surface area contributed by atoms with Crippen LogP contribution in [0.15, 0.2) is 105 Å². The molecule has 2 atom stereocenters. The van der Waals surface area contributed by atoms with Gasteiger partial charge < -0.3 is 19.5 Å². The molecular weight excluding hydrogens is 1070 g/mol. The molecule has 0 radical (unpaired) electrons. The number of carbonyl (C=O) groups is 3. The highest BCUT2D eigenvalue weighted by Crippen LogP contribution is 2.26. The first kappa shape index (κ1) is 45.9. The van der Waals surface area contributed by atoms with Gasteiger partial charge in [-0.1, -0.05) is 98.6 Å². The molecule has 1 amide bonds. The molecule has 0 saturated heterocycles. The molecule has 0 aliphatic rings. The highest BCUT2D eigenvalue weighted by molar-refractivity contribution is 14.1. The average Bonchev–Trinajstić information content (AvgIpc) is 3.07. The molecule has 0 bridgehead atoms. The minimum atomic E-state index is -1.01. The lowest BCUT2D eigenvalue weighted by Crippen LogP contribution is -2.48. The van der Waals surface area contributed by atoms with Gasteiger partial charge >= 0.3 is 18.0 Å². The number of hydrogen-bond donors (Lipinski definition) is 1. The van der Waals surface area contributed by atoms with Gasteiger partial charge in [0, 0.05) is 46.5 Å². The number of hydrogen-bond acceptors (Lipinski definition) is 7. The first-order valence-electron chi connectivity index (χ1n) is 18.1. The normalized spacial score (nSPS) is 13.4. The Morgan fingerprint density at radius 1 is 0.696 bits per heavy atom. The van der Waals surface area contributed by atoms with Crippen molar-refractivity contribution >= 4 is 101 Å². The van der Waals surface area contributed by atoms with E-state index in [4.69, 9.17) is 19.2 Å². The van der Waals surface area contributed by atoms with Crippen molar-refractivity contribution in [2.24, 2.45) is 4.99 Å². The van der Waals surface area contributed by atoms with Gasteiger partial charge in [0.05, 0.1) is 5.71 Å². The van der Waals surface area contributed by atoms with Crippen molar-refractivity contribution in [3.05, 3.63) is 135 Å². The van der Waals surface area contributed by atoms with Crippen LogP contribution < -0.4 is 5.32 Å². The summed E-state index contributed by atoms with van der Waals surface area (Å²) in [5, 5.41) is 2.73. The number of amides is 1. The Morgan fingerprint density at radius 3 is 1.89 bits per heavy atom. The molecule has 2 unspecified atom stereocenters. The highest BCUT2D eigenvalue weighted by atomic mass is 127. The topological polar surface area (TPSA) is 103 Å². The van der Waals surface area contributed by atoms with Crippen LogP contribution in [0.3, 0.4) is 0 Å². The van der Waals surface area contributed by atoms with E-state index in [1.54, 1.807) is 20.8 Å². The van der Waals surface area contributed by atoms with E-state index in [1.165, 1.54) is 0 Å². The molecule has 0 aromatic heterocycles. The maximum atomic E-state index is 13.8. The summed E-state index contributed by atoms with van der Waals surface area (Å²) in [5.74, 6) is -0.978. The fourth-order valence-electron chi connectivity index (χ4n) is 5.72. The number of halogens is 4. The molecule has 4 rings (SSSR count). The molecule has 12 heteroatoms. The van der Waals surface area contributed by atoms with Crippen LogP contribution in [0.1, 0.15) is 83.2 Å². The van der Waals surface area contributed by atoms with E-state index >= 15 is 0 Å². The third kappa shape index (κ3) is 14.8. The molecule has 298 valence electrons. The average molecular weight is 1110 g/mol. The quantitative estimate of drug-likeness (QED) is 0.0619. The summed E-state index contributed by atoms with van der Waals surface area (Å²) in [5.41, 5.74) is 2.73. The third-order valence-electron chi connectivity index (χ3n) is 8.09. The van der Waals surface area contributed by atoms with E-state index in [0.717, 1.165) is 43.9 Å². The summed E-state index contributed by atoms with van der Waals surface area (Å²) in [6, 6.07) is 27.7. The number of carbonyl (C=O) groups excluding carboxylic acids is 3. The summed E-state index contributed by atoms with van der Waals surface area (Å²) in [6.07, 6.45) is 0.245. The van der Waals surface area contributed by atoms with Gasteiger partial charge in [-0.2, -0.15) is 0 Å². The van der Waals surface area contributed by atoms with E-state index in [2.05, 4.69) is 88.4 Å². The Hall–Kier alpha value is -2.82. The van der Waals surface area contributed by atoms with Crippen LogP contribution in [0.4, 0.5) is 4.79 Å². The summed E-state index contributed by atoms with van der Waals surface area (Å²) >= 11 is 11.6. The van der Waals surface area contributed by atoms with Crippen LogP contribution >= 0.6 is 77.0 Å². The van der Waals surface area contributed by atoms with Crippen molar-refractivity contribution in [2.45, 2.75) is 104 Å². The monoisotopic (exact) mass is 1110 g/mol. The number of rotatable bonds is 13. The molecule has 4 aromatic rings. The van der Waals surface area contributed by atoms with Crippen LogP contribution in [0.2, 0.25) is 0 Å². The second kappa shape index (κ2) is 19.8. The van der Waals surface area contributed by atoms with Gasteiger partial charge in [-0.25, -0.2) is 14.4 Å². The maximum Gasteiger partial charge on any atom is 0.408 e. The Labute approximate surface area is 374 Å². The van der Waals surface area contributed by atoms with Crippen LogP contribution in [-0.2, 0) is 43.1 Å². The largest absolute Gasteiger partial charge is 0.458 e. The second-order valence-corrected chi connectivity index (χ2v) is 20.2. The summed E-state index contributed by atoms with van der Waals surface area (Å²) in [7, 11) is 0. The minimum Gasteiger partial charge on any atom is -0.458 e. The van der Waals surface area contributed by atoms with Gasteiger partial charge in [0.2, 0.25) is 0 Å². The van der Waals surface area contributed by atoms with E-state index in [9.17, 15) is 14.4 Å². The van der Waals surface area contributed by atoms with E-state index in [1.807, 2.05) is 120 Å². The van der Waals surface area contributed by atoms with Crippen LogP contribution in [0.5, 0.6) is 0 Å². The molecule has 0 aliphatic heterocycles. The van der Waals surface area contributed by atoms with Gasteiger partial charge in [-0.05, 0) is 142 Å². The standard InChI is InChI=1S/C44H48Br2I2N2O6/c1-42(2,3)54-39(51)36(23-31-19-21-33(47)25-35(31)48)49-38(28-12-10-9-11-13-28)29-16-14-27(15-17-29)26-44(7,8)55-40(52)37(50-41(53)56-43(4,5)6)22-30-18-20-32(45)24-34(30)46/h9-21,24-25,36-37H,22-23,26H2,1-8H3,(H,50,53)/b49-38+. The first-order valence-corrected chi connectivity index (χ1v) is 21.9. The molecule has 0 spiro atoms. The number of benzene rings is 4. The molecule has 8 nitrogen and oxygen atoms in total. The van der Waals surface area contributed by atoms with Crippen LogP contribution in [0, 0.1) is 7.14 Å². The number of alkyl carbamates (subject to hydrolysis) is 1. The number of ether oxygens (including phenoxy) is 3. The molecule has 56 heavy (non-hydrogen) atoms. The van der Waals surface area contributed by atoms with Crippen molar-refractivity contribution in [3.8, 4) is 0 Å².